The van der Waals surface area contributed by atoms with E-state index in [1.807, 2.05) is 18.2 Å². The summed E-state index contributed by atoms with van der Waals surface area (Å²) in [5.74, 6) is 1.37. The molecule has 0 saturated carbocycles. The van der Waals surface area contributed by atoms with Gasteiger partial charge in [-0.25, -0.2) is 0 Å². The van der Waals surface area contributed by atoms with Crippen molar-refractivity contribution in [1.82, 2.24) is 10.1 Å². The molecule has 0 spiro atoms. The Hall–Kier alpha value is -1.88. The quantitative estimate of drug-likeness (QED) is 0.868. The maximum absolute atomic E-state index is 5.97. The van der Waals surface area contributed by atoms with Crippen LogP contribution in [0.4, 0.5) is 0 Å². The zero-order valence-corrected chi connectivity index (χ0v) is 9.30. The number of aromatic nitrogens is 2. The molecule has 88 valence electrons. The highest BCUT2D eigenvalue weighted by molar-refractivity contribution is 5.40. The molecule has 5 heteroatoms. The molecule has 0 aliphatic heterocycles. The number of nitrogens with two attached hydrogens (primary N) is 1. The van der Waals surface area contributed by atoms with E-state index in [2.05, 4.69) is 14.7 Å². The van der Waals surface area contributed by atoms with Gasteiger partial charge in [0.15, 0.2) is 6.61 Å². The molecule has 1 atom stereocenters. The van der Waals surface area contributed by atoms with E-state index in [-0.39, 0.29) is 6.04 Å². The van der Waals surface area contributed by atoms with Crippen molar-refractivity contribution >= 4 is 0 Å². The van der Waals surface area contributed by atoms with Gasteiger partial charge in [0.05, 0.1) is 0 Å². The molecule has 1 aliphatic rings. The summed E-state index contributed by atoms with van der Waals surface area (Å²) < 4.78 is 10.2. The zero-order valence-electron chi connectivity index (χ0n) is 9.30. The topological polar surface area (TPSA) is 74.2 Å². The number of aryl methyl sites for hydroxylation is 1. The van der Waals surface area contributed by atoms with Crippen LogP contribution in [0.2, 0.25) is 0 Å². The molecule has 1 heterocycles. The average molecular weight is 231 g/mol. The third-order valence-electron chi connectivity index (χ3n) is 3.01. The molecule has 2 aromatic rings. The lowest BCUT2D eigenvalue weighted by Crippen LogP contribution is -2.05. The van der Waals surface area contributed by atoms with Crippen molar-refractivity contribution < 1.29 is 9.26 Å². The molecule has 0 saturated heterocycles. The fourth-order valence-corrected chi connectivity index (χ4v) is 2.12. The normalized spacial score (nSPS) is 18.1. The minimum Gasteiger partial charge on any atom is -0.485 e. The Bertz CT molecular complexity index is 510. The summed E-state index contributed by atoms with van der Waals surface area (Å²) in [6, 6.07) is 6.20. The number of hydrogen-bond donors (Lipinski definition) is 1. The van der Waals surface area contributed by atoms with Gasteiger partial charge in [0.25, 0.3) is 0 Å². The average Bonchev–Trinajstić information content (AvgIpc) is 2.97. The molecule has 3 rings (SSSR count). The van der Waals surface area contributed by atoms with Gasteiger partial charge in [0, 0.05) is 6.04 Å². The van der Waals surface area contributed by atoms with Crippen LogP contribution in [0.1, 0.15) is 29.4 Å². The van der Waals surface area contributed by atoms with Crippen molar-refractivity contribution in [2.75, 3.05) is 0 Å². The fraction of sp³-hybridized carbons (Fsp3) is 0.333. The molecular formula is C12H13N3O2. The van der Waals surface area contributed by atoms with Gasteiger partial charge in [-0.2, -0.15) is 4.98 Å². The SMILES string of the molecule is N[C@H]1CCc2cc(OCc3ncon3)ccc21. The van der Waals surface area contributed by atoms with E-state index >= 15 is 0 Å². The van der Waals surface area contributed by atoms with Crippen LogP contribution in [0.15, 0.2) is 29.1 Å². The molecule has 2 N–H and O–H groups in total. The van der Waals surface area contributed by atoms with Crippen molar-refractivity contribution in [2.45, 2.75) is 25.5 Å². The summed E-state index contributed by atoms with van der Waals surface area (Å²) in [7, 11) is 0. The summed E-state index contributed by atoms with van der Waals surface area (Å²) in [4.78, 5) is 3.89. The lowest BCUT2D eigenvalue weighted by molar-refractivity contribution is 0.286. The Morgan fingerprint density at radius 2 is 2.41 bits per heavy atom. The largest absolute Gasteiger partial charge is 0.485 e. The molecular weight excluding hydrogens is 218 g/mol. The summed E-state index contributed by atoms with van der Waals surface area (Å²) in [6.07, 6.45) is 3.33. The molecule has 0 radical (unpaired) electrons. The molecule has 0 unspecified atom stereocenters. The van der Waals surface area contributed by atoms with Crippen molar-refractivity contribution in [3.63, 3.8) is 0 Å². The lowest BCUT2D eigenvalue weighted by Gasteiger charge is -2.07. The summed E-state index contributed by atoms with van der Waals surface area (Å²) in [5, 5.41) is 3.68. The van der Waals surface area contributed by atoms with Crippen LogP contribution in [0, 0.1) is 0 Å². The minimum atomic E-state index is 0.177. The Kier molecular flexibility index (Phi) is 2.53. The zero-order chi connectivity index (χ0) is 11.7. The number of nitrogens with zero attached hydrogens (tertiary/aromatic N) is 2. The summed E-state index contributed by atoms with van der Waals surface area (Å²) in [5.41, 5.74) is 8.49. The number of ether oxygens (including phenoxy) is 1. The number of rotatable bonds is 3. The van der Waals surface area contributed by atoms with Gasteiger partial charge in [-0.15, -0.1) is 0 Å². The molecule has 0 bridgehead atoms. The standard InChI is InChI=1S/C12H13N3O2/c13-11-4-1-8-5-9(2-3-10(8)11)16-6-12-14-7-17-15-12/h2-3,5,7,11H,1,4,6,13H2/t11-/m0/s1. The summed E-state index contributed by atoms with van der Waals surface area (Å²) in [6.45, 7) is 0.321. The predicted molar refractivity (Wildman–Crippen MR) is 60.3 cm³/mol. The monoisotopic (exact) mass is 231 g/mol. The summed E-state index contributed by atoms with van der Waals surface area (Å²) >= 11 is 0. The second-order valence-electron chi connectivity index (χ2n) is 4.14. The first kappa shape index (κ1) is 10.3. The van der Waals surface area contributed by atoms with Gasteiger partial charge in [0.2, 0.25) is 12.2 Å². The van der Waals surface area contributed by atoms with E-state index in [0.29, 0.717) is 12.4 Å². The Morgan fingerprint density at radius 3 is 3.24 bits per heavy atom. The van der Waals surface area contributed by atoms with Crippen LogP contribution in [0.3, 0.4) is 0 Å². The molecule has 5 nitrogen and oxygen atoms in total. The Balaban J connectivity index is 1.72. The van der Waals surface area contributed by atoms with Gasteiger partial charge >= 0.3 is 0 Å². The van der Waals surface area contributed by atoms with E-state index in [1.54, 1.807) is 0 Å². The van der Waals surface area contributed by atoms with Crippen molar-refractivity contribution in [3.8, 4) is 5.75 Å². The van der Waals surface area contributed by atoms with Crippen molar-refractivity contribution in [1.29, 1.82) is 0 Å². The fourth-order valence-electron chi connectivity index (χ4n) is 2.12. The second-order valence-corrected chi connectivity index (χ2v) is 4.14. The maximum atomic E-state index is 5.97. The van der Waals surface area contributed by atoms with E-state index in [9.17, 15) is 0 Å². The van der Waals surface area contributed by atoms with Gasteiger partial charge in [-0.3, -0.25) is 0 Å². The van der Waals surface area contributed by atoms with E-state index in [0.717, 1.165) is 18.6 Å². The van der Waals surface area contributed by atoms with Crippen LogP contribution < -0.4 is 10.5 Å². The molecule has 1 aromatic carbocycles. The van der Waals surface area contributed by atoms with E-state index < -0.39 is 0 Å². The Morgan fingerprint density at radius 1 is 1.47 bits per heavy atom. The smallest absolute Gasteiger partial charge is 0.213 e. The van der Waals surface area contributed by atoms with Gasteiger partial charge < -0.3 is 15.0 Å². The Labute approximate surface area is 98.6 Å². The van der Waals surface area contributed by atoms with Crippen LogP contribution in [-0.2, 0) is 13.0 Å². The second kappa shape index (κ2) is 4.18. The minimum absolute atomic E-state index is 0.177. The van der Waals surface area contributed by atoms with Crippen LogP contribution in [-0.4, -0.2) is 10.1 Å². The molecule has 17 heavy (non-hydrogen) atoms. The highest BCUT2D eigenvalue weighted by Crippen LogP contribution is 2.31. The lowest BCUT2D eigenvalue weighted by atomic mass is 10.1. The third kappa shape index (κ3) is 2.01. The number of fused-ring (bicyclic) bond motifs is 1. The predicted octanol–water partition coefficient (Wildman–Crippen LogP) is 1.59. The highest BCUT2D eigenvalue weighted by Gasteiger charge is 2.19. The molecule has 0 amide bonds. The first-order valence-electron chi connectivity index (χ1n) is 5.59. The molecule has 0 fully saturated rings. The molecule has 1 aliphatic carbocycles. The van der Waals surface area contributed by atoms with E-state index in [1.165, 1.54) is 17.5 Å². The van der Waals surface area contributed by atoms with Gasteiger partial charge in [-0.1, -0.05) is 11.2 Å². The third-order valence-corrected chi connectivity index (χ3v) is 3.01. The van der Waals surface area contributed by atoms with E-state index in [4.69, 9.17) is 10.5 Å². The number of hydrogen-bond acceptors (Lipinski definition) is 5. The van der Waals surface area contributed by atoms with Gasteiger partial charge in [-0.05, 0) is 36.1 Å². The first-order chi connectivity index (χ1) is 8.33. The van der Waals surface area contributed by atoms with Gasteiger partial charge in [0.1, 0.15) is 5.75 Å². The van der Waals surface area contributed by atoms with Crippen LogP contribution in [0.5, 0.6) is 5.75 Å². The highest BCUT2D eigenvalue weighted by atomic mass is 16.5. The number of benzene rings is 1. The van der Waals surface area contributed by atoms with Crippen molar-refractivity contribution in [2.24, 2.45) is 5.73 Å². The first-order valence-corrected chi connectivity index (χ1v) is 5.59. The van der Waals surface area contributed by atoms with Crippen LogP contribution in [0.25, 0.3) is 0 Å². The van der Waals surface area contributed by atoms with Crippen LogP contribution >= 0.6 is 0 Å². The van der Waals surface area contributed by atoms with Crippen molar-refractivity contribution in [3.05, 3.63) is 41.5 Å². The maximum Gasteiger partial charge on any atom is 0.213 e. The molecule has 1 aromatic heterocycles.